The van der Waals surface area contributed by atoms with E-state index in [4.69, 9.17) is 4.74 Å². The molecule has 0 unspecified atom stereocenters. The molecule has 4 nitrogen and oxygen atoms in total. The van der Waals surface area contributed by atoms with Crippen molar-refractivity contribution in [1.29, 1.82) is 0 Å². The number of rotatable bonds is 5. The zero-order chi connectivity index (χ0) is 12.1. The van der Waals surface area contributed by atoms with E-state index >= 15 is 0 Å². The zero-order valence-corrected chi connectivity index (χ0v) is 10.7. The minimum absolute atomic E-state index is 0.656. The number of hydrogen-bond acceptors (Lipinski definition) is 4. The first kappa shape index (κ1) is 12.1. The van der Waals surface area contributed by atoms with Gasteiger partial charge in [0.05, 0.1) is 12.7 Å². The van der Waals surface area contributed by atoms with Crippen LogP contribution in [0.5, 0.6) is 5.88 Å². The van der Waals surface area contributed by atoms with Gasteiger partial charge in [0.1, 0.15) is 12.1 Å². The molecule has 1 aliphatic carbocycles. The smallest absolute Gasteiger partial charge is 0.221 e. The Labute approximate surface area is 103 Å². The lowest BCUT2D eigenvalue weighted by Gasteiger charge is -2.12. The minimum Gasteiger partial charge on any atom is -0.481 e. The van der Waals surface area contributed by atoms with Crippen molar-refractivity contribution >= 4 is 5.82 Å². The van der Waals surface area contributed by atoms with Crippen LogP contribution >= 0.6 is 0 Å². The Morgan fingerprint density at radius 2 is 2.12 bits per heavy atom. The van der Waals surface area contributed by atoms with Crippen molar-refractivity contribution in [1.82, 2.24) is 9.97 Å². The topological polar surface area (TPSA) is 47.0 Å². The number of ether oxygens (including phenoxy) is 1. The van der Waals surface area contributed by atoms with Crippen LogP contribution in [0.4, 0.5) is 5.82 Å². The van der Waals surface area contributed by atoms with Crippen molar-refractivity contribution in [2.24, 2.45) is 5.92 Å². The molecule has 0 aromatic carbocycles. The summed E-state index contributed by atoms with van der Waals surface area (Å²) < 4.78 is 5.17. The quantitative estimate of drug-likeness (QED) is 0.852. The van der Waals surface area contributed by atoms with Crippen molar-refractivity contribution in [3.05, 3.63) is 11.9 Å². The number of anilines is 1. The summed E-state index contributed by atoms with van der Waals surface area (Å²) in [5.74, 6) is 2.46. The van der Waals surface area contributed by atoms with Gasteiger partial charge in [-0.1, -0.05) is 25.7 Å². The fourth-order valence-corrected chi connectivity index (χ4v) is 2.51. The van der Waals surface area contributed by atoms with Crippen molar-refractivity contribution in [2.75, 3.05) is 19.0 Å². The minimum atomic E-state index is 0.656. The number of nitrogens with one attached hydrogen (secondary N) is 1. The Balaban J connectivity index is 1.85. The van der Waals surface area contributed by atoms with Crippen molar-refractivity contribution < 1.29 is 4.74 Å². The average molecular weight is 235 g/mol. The van der Waals surface area contributed by atoms with Crippen LogP contribution in [0.2, 0.25) is 0 Å². The van der Waals surface area contributed by atoms with Gasteiger partial charge in [-0.15, -0.1) is 0 Å². The predicted molar refractivity (Wildman–Crippen MR) is 68.4 cm³/mol. The maximum absolute atomic E-state index is 5.17. The Hall–Kier alpha value is -1.32. The van der Waals surface area contributed by atoms with Gasteiger partial charge in [-0.25, -0.2) is 9.97 Å². The highest BCUT2D eigenvalue weighted by molar-refractivity contribution is 5.47. The van der Waals surface area contributed by atoms with Gasteiger partial charge in [-0.05, 0) is 19.3 Å². The molecular formula is C13H21N3O. The van der Waals surface area contributed by atoms with Crippen LogP contribution in [0.3, 0.4) is 0 Å². The first-order chi connectivity index (χ1) is 8.31. The molecule has 0 amide bonds. The van der Waals surface area contributed by atoms with Gasteiger partial charge in [-0.3, -0.25) is 0 Å². The Morgan fingerprint density at radius 1 is 1.35 bits per heavy atom. The monoisotopic (exact) mass is 235 g/mol. The summed E-state index contributed by atoms with van der Waals surface area (Å²) in [6, 6.07) is 0. The van der Waals surface area contributed by atoms with E-state index in [2.05, 4.69) is 15.3 Å². The van der Waals surface area contributed by atoms with Gasteiger partial charge in [0, 0.05) is 6.54 Å². The molecular weight excluding hydrogens is 214 g/mol. The van der Waals surface area contributed by atoms with Crippen LogP contribution in [-0.4, -0.2) is 23.6 Å². The second-order valence-corrected chi connectivity index (χ2v) is 4.72. The van der Waals surface area contributed by atoms with Crippen LogP contribution in [0.1, 0.15) is 37.7 Å². The summed E-state index contributed by atoms with van der Waals surface area (Å²) in [4.78, 5) is 8.32. The molecule has 1 aromatic heterocycles. The molecule has 1 N–H and O–H groups in total. The highest BCUT2D eigenvalue weighted by Crippen LogP contribution is 2.27. The highest BCUT2D eigenvalue weighted by Gasteiger charge is 2.14. The molecule has 1 heterocycles. The highest BCUT2D eigenvalue weighted by atomic mass is 16.5. The molecule has 0 saturated heterocycles. The number of methoxy groups -OCH3 is 1. The first-order valence-corrected chi connectivity index (χ1v) is 6.40. The maximum atomic E-state index is 5.17. The summed E-state index contributed by atoms with van der Waals surface area (Å²) >= 11 is 0. The van der Waals surface area contributed by atoms with E-state index in [1.165, 1.54) is 32.1 Å². The molecule has 1 fully saturated rings. The third-order valence-corrected chi connectivity index (χ3v) is 3.55. The van der Waals surface area contributed by atoms with E-state index < -0.39 is 0 Å². The SMILES string of the molecule is COc1ncnc(NCCC2CCCC2)c1C. The standard InChI is InChI=1S/C13H21N3O/c1-10-12(15-9-16-13(10)17-2)14-8-7-11-5-3-4-6-11/h9,11H,3-8H2,1-2H3,(H,14,15,16). The molecule has 0 bridgehead atoms. The maximum Gasteiger partial charge on any atom is 0.221 e. The van der Waals surface area contributed by atoms with Crippen molar-refractivity contribution in [2.45, 2.75) is 39.0 Å². The van der Waals surface area contributed by atoms with Gasteiger partial charge >= 0.3 is 0 Å². The molecule has 2 rings (SSSR count). The van der Waals surface area contributed by atoms with Gasteiger partial charge in [-0.2, -0.15) is 0 Å². The van der Waals surface area contributed by atoms with Crippen LogP contribution in [0.25, 0.3) is 0 Å². The third-order valence-electron chi connectivity index (χ3n) is 3.55. The zero-order valence-electron chi connectivity index (χ0n) is 10.7. The average Bonchev–Trinajstić information content (AvgIpc) is 2.84. The second kappa shape index (κ2) is 5.84. The molecule has 0 atom stereocenters. The van der Waals surface area contributed by atoms with E-state index in [1.54, 1.807) is 13.4 Å². The van der Waals surface area contributed by atoms with Gasteiger partial charge in [0.15, 0.2) is 0 Å². The molecule has 17 heavy (non-hydrogen) atoms. The Kier molecular flexibility index (Phi) is 4.18. The Morgan fingerprint density at radius 3 is 2.82 bits per heavy atom. The van der Waals surface area contributed by atoms with Crippen molar-refractivity contribution in [3.8, 4) is 5.88 Å². The molecule has 0 radical (unpaired) electrons. The summed E-state index contributed by atoms with van der Waals surface area (Å²) in [5, 5.41) is 3.38. The number of hydrogen-bond donors (Lipinski definition) is 1. The lowest BCUT2D eigenvalue weighted by molar-refractivity contribution is 0.393. The van der Waals surface area contributed by atoms with Gasteiger partial charge < -0.3 is 10.1 Å². The number of aromatic nitrogens is 2. The fourth-order valence-electron chi connectivity index (χ4n) is 2.51. The van der Waals surface area contributed by atoms with E-state index in [0.29, 0.717) is 5.88 Å². The lowest BCUT2D eigenvalue weighted by atomic mass is 10.0. The van der Waals surface area contributed by atoms with E-state index in [9.17, 15) is 0 Å². The van der Waals surface area contributed by atoms with E-state index in [0.717, 1.165) is 23.8 Å². The molecule has 0 aliphatic heterocycles. The molecule has 0 spiro atoms. The molecule has 1 aromatic rings. The fraction of sp³-hybridized carbons (Fsp3) is 0.692. The van der Waals surface area contributed by atoms with Crippen LogP contribution in [-0.2, 0) is 0 Å². The Bertz CT molecular complexity index is 362. The second-order valence-electron chi connectivity index (χ2n) is 4.72. The third kappa shape index (κ3) is 3.08. The first-order valence-electron chi connectivity index (χ1n) is 6.40. The predicted octanol–water partition coefficient (Wildman–Crippen LogP) is 2.79. The normalized spacial score (nSPS) is 16.1. The molecule has 94 valence electrons. The largest absolute Gasteiger partial charge is 0.481 e. The van der Waals surface area contributed by atoms with Crippen LogP contribution in [0, 0.1) is 12.8 Å². The van der Waals surface area contributed by atoms with Crippen molar-refractivity contribution in [3.63, 3.8) is 0 Å². The van der Waals surface area contributed by atoms with Crippen LogP contribution in [0.15, 0.2) is 6.33 Å². The molecule has 4 heteroatoms. The van der Waals surface area contributed by atoms with E-state index in [1.807, 2.05) is 6.92 Å². The van der Waals surface area contributed by atoms with Crippen LogP contribution < -0.4 is 10.1 Å². The summed E-state index contributed by atoms with van der Waals surface area (Å²) in [7, 11) is 1.64. The lowest BCUT2D eigenvalue weighted by Crippen LogP contribution is -2.09. The molecule has 1 saturated carbocycles. The van der Waals surface area contributed by atoms with Gasteiger partial charge in [0.2, 0.25) is 5.88 Å². The number of nitrogens with zero attached hydrogens (tertiary/aromatic N) is 2. The molecule has 1 aliphatic rings. The summed E-state index contributed by atoms with van der Waals surface area (Å²) in [6.45, 7) is 2.97. The summed E-state index contributed by atoms with van der Waals surface area (Å²) in [6.07, 6.45) is 8.40. The van der Waals surface area contributed by atoms with Gasteiger partial charge in [0.25, 0.3) is 0 Å². The summed E-state index contributed by atoms with van der Waals surface area (Å²) in [5.41, 5.74) is 0.987. The van der Waals surface area contributed by atoms with E-state index in [-0.39, 0.29) is 0 Å².